The van der Waals surface area contributed by atoms with E-state index in [1.54, 1.807) is 0 Å². The van der Waals surface area contributed by atoms with Crippen molar-refractivity contribution in [2.75, 3.05) is 16.3 Å². The molecule has 1 amide bonds. The molecule has 0 saturated heterocycles. The molecule has 0 atom stereocenters. The molecular formula is C18H15ClF2N4O3S. The molecule has 3 N–H and O–H groups in total. The molecule has 152 valence electrons. The number of benzene rings is 1. The van der Waals surface area contributed by atoms with E-state index < -0.39 is 27.6 Å². The van der Waals surface area contributed by atoms with Gasteiger partial charge in [0.05, 0.1) is 29.4 Å². The number of nitrogens with one attached hydrogen (secondary N) is 3. The van der Waals surface area contributed by atoms with E-state index in [4.69, 9.17) is 11.6 Å². The van der Waals surface area contributed by atoms with Gasteiger partial charge in [-0.15, -0.1) is 0 Å². The van der Waals surface area contributed by atoms with Crippen LogP contribution in [0.1, 0.15) is 21.7 Å². The summed E-state index contributed by atoms with van der Waals surface area (Å²) in [4.78, 5) is 19.0. The molecule has 0 bridgehead atoms. The highest BCUT2D eigenvalue weighted by Gasteiger charge is 2.13. The van der Waals surface area contributed by atoms with Gasteiger partial charge in [-0.1, -0.05) is 11.6 Å². The van der Waals surface area contributed by atoms with Crippen LogP contribution in [-0.2, 0) is 16.4 Å². The topological polar surface area (TPSA) is 104 Å². The number of sulfonamides is 1. The number of carbonyl (C=O) groups excluding carboxylic acids is 1. The minimum Gasteiger partial charge on any atom is -0.364 e. The van der Waals surface area contributed by atoms with Gasteiger partial charge in [-0.3, -0.25) is 14.5 Å². The lowest BCUT2D eigenvalue weighted by molar-refractivity contribution is 0.102. The normalized spacial score (nSPS) is 11.3. The first-order valence-corrected chi connectivity index (χ1v) is 10.4. The van der Waals surface area contributed by atoms with Crippen molar-refractivity contribution < 1.29 is 22.0 Å². The fourth-order valence-corrected chi connectivity index (χ4v) is 3.35. The van der Waals surface area contributed by atoms with Crippen LogP contribution in [0.25, 0.3) is 0 Å². The lowest BCUT2D eigenvalue weighted by Crippen LogP contribution is -2.13. The van der Waals surface area contributed by atoms with Crippen molar-refractivity contribution >= 4 is 38.9 Å². The molecule has 2 heterocycles. The molecule has 1 aromatic carbocycles. The highest BCUT2D eigenvalue weighted by atomic mass is 35.5. The first-order chi connectivity index (χ1) is 13.6. The summed E-state index contributed by atoms with van der Waals surface area (Å²) in [6, 6.07) is 6.51. The standard InChI is InChI=1S/C18H15ClF2N4O3S/c1-29(27,28)25-15-4-11(19)3-14(6-15)24-18(26)10-2-13(22-8-10)7-17-16(21)5-12(20)9-23-17/h2-6,8-9,22,25H,7H2,1H3,(H,24,26). The van der Waals surface area contributed by atoms with Crippen molar-refractivity contribution in [1.29, 1.82) is 0 Å². The van der Waals surface area contributed by atoms with Crippen LogP contribution in [-0.4, -0.2) is 30.5 Å². The average Bonchev–Trinajstić information content (AvgIpc) is 3.04. The maximum Gasteiger partial charge on any atom is 0.257 e. The SMILES string of the molecule is CS(=O)(=O)Nc1cc(Cl)cc(NC(=O)c2c[nH]c(Cc3ncc(F)cc3F)c2)c1. The largest absolute Gasteiger partial charge is 0.364 e. The molecule has 0 aliphatic heterocycles. The van der Waals surface area contributed by atoms with Crippen LogP contribution < -0.4 is 10.0 Å². The van der Waals surface area contributed by atoms with Gasteiger partial charge in [0, 0.05) is 35.1 Å². The predicted octanol–water partition coefficient (Wildman–Crippen LogP) is 3.56. The third kappa shape index (κ3) is 5.75. The van der Waals surface area contributed by atoms with Gasteiger partial charge < -0.3 is 10.3 Å². The third-order valence-corrected chi connectivity index (χ3v) is 4.53. The summed E-state index contributed by atoms with van der Waals surface area (Å²) in [5, 5.41) is 2.83. The molecule has 0 radical (unpaired) electrons. The summed E-state index contributed by atoms with van der Waals surface area (Å²) in [5.74, 6) is -2.05. The number of amides is 1. The highest BCUT2D eigenvalue weighted by molar-refractivity contribution is 7.92. The van der Waals surface area contributed by atoms with E-state index in [2.05, 4.69) is 20.0 Å². The second-order valence-corrected chi connectivity index (χ2v) is 8.41. The number of nitrogens with zero attached hydrogens (tertiary/aromatic N) is 1. The Hall–Kier alpha value is -2.98. The molecule has 0 saturated carbocycles. The minimum absolute atomic E-state index is 0.0338. The number of rotatable bonds is 6. The molecule has 3 aromatic rings. The van der Waals surface area contributed by atoms with E-state index in [9.17, 15) is 22.0 Å². The number of hydrogen-bond donors (Lipinski definition) is 3. The maximum atomic E-state index is 13.7. The molecule has 29 heavy (non-hydrogen) atoms. The first kappa shape index (κ1) is 20.7. The number of hydrogen-bond acceptors (Lipinski definition) is 4. The molecule has 2 aromatic heterocycles. The Morgan fingerprint density at radius 2 is 1.90 bits per heavy atom. The molecule has 0 spiro atoms. The fraction of sp³-hybridized carbons (Fsp3) is 0.111. The van der Waals surface area contributed by atoms with Crippen LogP contribution in [0.15, 0.2) is 42.7 Å². The van der Waals surface area contributed by atoms with Gasteiger partial charge in [-0.2, -0.15) is 0 Å². The monoisotopic (exact) mass is 440 g/mol. The number of pyridine rings is 1. The van der Waals surface area contributed by atoms with Crippen molar-refractivity contribution in [2.45, 2.75) is 6.42 Å². The lowest BCUT2D eigenvalue weighted by Gasteiger charge is -2.09. The van der Waals surface area contributed by atoms with E-state index >= 15 is 0 Å². The summed E-state index contributed by atoms with van der Waals surface area (Å²) < 4.78 is 51.7. The Morgan fingerprint density at radius 1 is 1.17 bits per heavy atom. The zero-order valence-electron chi connectivity index (χ0n) is 15.0. The second-order valence-electron chi connectivity index (χ2n) is 6.23. The predicted molar refractivity (Wildman–Crippen MR) is 106 cm³/mol. The zero-order chi connectivity index (χ0) is 21.2. The third-order valence-electron chi connectivity index (χ3n) is 3.71. The Kier molecular flexibility index (Phi) is 5.85. The highest BCUT2D eigenvalue weighted by Crippen LogP contribution is 2.24. The van der Waals surface area contributed by atoms with Crippen LogP contribution in [0.5, 0.6) is 0 Å². The van der Waals surface area contributed by atoms with Gasteiger partial charge in [0.25, 0.3) is 5.91 Å². The quantitative estimate of drug-likeness (QED) is 0.545. The molecule has 3 rings (SSSR count). The van der Waals surface area contributed by atoms with Crippen molar-refractivity contribution in [2.24, 2.45) is 0 Å². The number of aromatic nitrogens is 2. The van der Waals surface area contributed by atoms with Crippen LogP contribution in [0.3, 0.4) is 0 Å². The fourth-order valence-electron chi connectivity index (χ4n) is 2.57. The number of H-pyrrole nitrogens is 1. The molecular weight excluding hydrogens is 426 g/mol. The van der Waals surface area contributed by atoms with Crippen LogP contribution >= 0.6 is 11.6 Å². The average molecular weight is 441 g/mol. The Morgan fingerprint density at radius 3 is 2.59 bits per heavy atom. The summed E-state index contributed by atoms with van der Waals surface area (Å²) >= 11 is 5.97. The molecule has 0 fully saturated rings. The number of anilines is 2. The van der Waals surface area contributed by atoms with E-state index in [0.29, 0.717) is 5.69 Å². The summed E-state index contributed by atoms with van der Waals surface area (Å²) in [6.45, 7) is 0. The van der Waals surface area contributed by atoms with E-state index in [1.807, 2.05) is 0 Å². The minimum atomic E-state index is -3.51. The maximum absolute atomic E-state index is 13.7. The number of halogens is 3. The first-order valence-electron chi connectivity index (χ1n) is 8.16. The Bertz CT molecular complexity index is 1180. The second kappa shape index (κ2) is 8.18. The lowest BCUT2D eigenvalue weighted by atomic mass is 10.2. The molecule has 7 nitrogen and oxygen atoms in total. The molecule has 11 heteroatoms. The number of carbonyl (C=O) groups is 1. The van der Waals surface area contributed by atoms with Crippen LogP contribution in [0.2, 0.25) is 5.02 Å². The van der Waals surface area contributed by atoms with Crippen molar-refractivity contribution in [1.82, 2.24) is 9.97 Å². The van der Waals surface area contributed by atoms with Crippen molar-refractivity contribution in [3.05, 3.63) is 76.3 Å². The summed E-state index contributed by atoms with van der Waals surface area (Å²) in [7, 11) is -3.51. The summed E-state index contributed by atoms with van der Waals surface area (Å²) in [5.41, 5.74) is 1.26. The molecule has 0 aliphatic carbocycles. The zero-order valence-corrected chi connectivity index (χ0v) is 16.5. The van der Waals surface area contributed by atoms with Crippen LogP contribution in [0.4, 0.5) is 20.2 Å². The number of aromatic amines is 1. The van der Waals surface area contributed by atoms with Crippen molar-refractivity contribution in [3.63, 3.8) is 0 Å². The van der Waals surface area contributed by atoms with Gasteiger partial charge in [0.1, 0.15) is 11.6 Å². The van der Waals surface area contributed by atoms with Gasteiger partial charge in [0.15, 0.2) is 0 Å². The van der Waals surface area contributed by atoms with E-state index in [1.165, 1.54) is 30.5 Å². The van der Waals surface area contributed by atoms with E-state index in [-0.39, 0.29) is 34.1 Å². The van der Waals surface area contributed by atoms with Gasteiger partial charge in [0.2, 0.25) is 10.0 Å². The molecule has 0 unspecified atom stereocenters. The van der Waals surface area contributed by atoms with Gasteiger partial charge in [-0.05, 0) is 24.3 Å². The Labute approximate surface area is 170 Å². The van der Waals surface area contributed by atoms with Gasteiger partial charge in [-0.25, -0.2) is 17.2 Å². The Balaban J connectivity index is 1.73. The van der Waals surface area contributed by atoms with Gasteiger partial charge >= 0.3 is 0 Å². The van der Waals surface area contributed by atoms with Crippen molar-refractivity contribution in [3.8, 4) is 0 Å². The van der Waals surface area contributed by atoms with E-state index in [0.717, 1.165) is 18.5 Å². The van der Waals surface area contributed by atoms with Crippen LogP contribution in [0, 0.1) is 11.6 Å². The molecule has 0 aliphatic rings. The summed E-state index contributed by atoms with van der Waals surface area (Å²) in [6.07, 6.45) is 3.37. The smallest absolute Gasteiger partial charge is 0.257 e.